The molecule has 0 saturated heterocycles. The molecule has 1 aromatic carbocycles. The van der Waals surface area contributed by atoms with Crippen molar-refractivity contribution in [1.82, 2.24) is 4.57 Å². The number of nitrogens with zero attached hydrogens (tertiary/aromatic N) is 2. The summed E-state index contributed by atoms with van der Waals surface area (Å²) in [5.41, 5.74) is 0.576. The molecule has 0 bridgehead atoms. The van der Waals surface area contributed by atoms with Crippen LogP contribution in [0.1, 0.15) is 10.5 Å². The molecule has 0 aliphatic carbocycles. The summed E-state index contributed by atoms with van der Waals surface area (Å²) in [6.07, 6.45) is 1.29. The van der Waals surface area contributed by atoms with E-state index >= 15 is 0 Å². The maximum atomic E-state index is 12.2. The Kier molecular flexibility index (Phi) is 4.27. The van der Waals surface area contributed by atoms with Gasteiger partial charge in [0, 0.05) is 23.7 Å². The van der Waals surface area contributed by atoms with E-state index in [9.17, 15) is 14.9 Å². The Bertz CT molecular complexity index is 711. The van der Waals surface area contributed by atoms with E-state index in [1.54, 1.807) is 25.2 Å². The molecule has 0 aliphatic heterocycles. The fourth-order valence-corrected chi connectivity index (χ4v) is 2.13. The number of ether oxygens (including phenoxy) is 1. The average Bonchev–Trinajstić information content (AvgIpc) is 2.83. The number of rotatable bonds is 4. The molecule has 2 rings (SSSR count). The molecule has 0 fully saturated rings. The number of carbonyl (C=O) groups is 1. The first kappa shape index (κ1) is 15.0. The lowest BCUT2D eigenvalue weighted by atomic mass is 10.3. The molecular formula is C13H12BrN3O4. The second-order valence-electron chi connectivity index (χ2n) is 4.25. The number of benzene rings is 1. The molecule has 1 N–H and O–H groups in total. The Hall–Kier alpha value is -2.35. The molecule has 0 unspecified atom stereocenters. The summed E-state index contributed by atoms with van der Waals surface area (Å²) >= 11 is 3.32. The summed E-state index contributed by atoms with van der Waals surface area (Å²) in [5.74, 6) is 0.144. The second-order valence-corrected chi connectivity index (χ2v) is 5.11. The molecular weight excluding hydrogens is 342 g/mol. The van der Waals surface area contributed by atoms with Gasteiger partial charge in [-0.3, -0.25) is 14.9 Å². The predicted octanol–water partition coefficient (Wildman–Crippen LogP) is 2.96. The number of nitrogens with one attached hydrogen (secondary N) is 1. The molecule has 1 heterocycles. The molecule has 110 valence electrons. The average molecular weight is 354 g/mol. The minimum Gasteiger partial charge on any atom is -0.497 e. The third-order valence-electron chi connectivity index (χ3n) is 2.86. The van der Waals surface area contributed by atoms with Crippen molar-refractivity contribution in [3.05, 3.63) is 50.7 Å². The summed E-state index contributed by atoms with van der Waals surface area (Å²) in [6, 6.07) is 6.36. The first-order valence-corrected chi connectivity index (χ1v) is 6.67. The van der Waals surface area contributed by atoms with Crippen molar-refractivity contribution in [2.24, 2.45) is 7.05 Å². The summed E-state index contributed by atoms with van der Waals surface area (Å²) in [7, 11) is 3.10. The van der Waals surface area contributed by atoms with Gasteiger partial charge in [-0.25, -0.2) is 0 Å². The van der Waals surface area contributed by atoms with Crippen LogP contribution in [0.15, 0.2) is 34.9 Å². The summed E-state index contributed by atoms with van der Waals surface area (Å²) in [6.45, 7) is 0. The zero-order chi connectivity index (χ0) is 15.6. The molecule has 2 aromatic rings. The zero-order valence-corrected chi connectivity index (χ0v) is 12.9. The molecule has 0 saturated carbocycles. The first-order valence-electron chi connectivity index (χ1n) is 5.88. The first-order chi connectivity index (χ1) is 9.92. The number of nitro groups is 1. The van der Waals surface area contributed by atoms with E-state index < -0.39 is 10.8 Å². The van der Waals surface area contributed by atoms with Gasteiger partial charge in [-0.1, -0.05) is 0 Å². The van der Waals surface area contributed by atoms with Gasteiger partial charge >= 0.3 is 0 Å². The van der Waals surface area contributed by atoms with E-state index in [0.29, 0.717) is 15.9 Å². The number of hydrogen-bond donors (Lipinski definition) is 1. The number of halogens is 1. The van der Waals surface area contributed by atoms with Crippen molar-refractivity contribution >= 4 is 33.2 Å². The predicted molar refractivity (Wildman–Crippen MR) is 80.7 cm³/mol. The maximum Gasteiger partial charge on any atom is 0.287 e. The fourth-order valence-electron chi connectivity index (χ4n) is 1.79. The third-order valence-corrected chi connectivity index (χ3v) is 3.55. The second kappa shape index (κ2) is 5.96. The molecule has 7 nitrogen and oxygen atoms in total. The number of hydrogen-bond acceptors (Lipinski definition) is 4. The highest BCUT2D eigenvalue weighted by atomic mass is 79.9. The largest absolute Gasteiger partial charge is 0.497 e. The van der Waals surface area contributed by atoms with Gasteiger partial charge in [0.05, 0.1) is 23.9 Å². The number of methoxy groups -OCH3 is 1. The van der Waals surface area contributed by atoms with Crippen LogP contribution in [0, 0.1) is 10.1 Å². The minimum absolute atomic E-state index is 0.132. The van der Waals surface area contributed by atoms with Crippen LogP contribution in [0.5, 0.6) is 5.75 Å². The number of carbonyl (C=O) groups excluding carboxylic acids is 1. The van der Waals surface area contributed by atoms with Crippen molar-refractivity contribution in [3.63, 3.8) is 0 Å². The highest BCUT2D eigenvalue weighted by molar-refractivity contribution is 9.10. The van der Waals surface area contributed by atoms with E-state index in [0.717, 1.165) is 0 Å². The smallest absolute Gasteiger partial charge is 0.287 e. The topological polar surface area (TPSA) is 86.4 Å². The van der Waals surface area contributed by atoms with E-state index in [4.69, 9.17) is 4.74 Å². The molecule has 1 amide bonds. The third kappa shape index (κ3) is 3.22. The standard InChI is InChI=1S/C13H12BrN3O4/c1-16-7-8(17(19)20)5-12(16)13(18)15-11-6-9(21-2)3-4-10(11)14/h3-7H,1-2H3,(H,15,18). The van der Waals surface area contributed by atoms with Crippen molar-refractivity contribution in [1.29, 1.82) is 0 Å². The molecule has 21 heavy (non-hydrogen) atoms. The lowest BCUT2D eigenvalue weighted by Crippen LogP contribution is -2.15. The molecule has 8 heteroatoms. The van der Waals surface area contributed by atoms with Gasteiger partial charge in [0.1, 0.15) is 11.4 Å². The van der Waals surface area contributed by atoms with Gasteiger partial charge < -0.3 is 14.6 Å². The SMILES string of the molecule is COc1ccc(Br)c(NC(=O)c2cc([N+](=O)[O-])cn2C)c1. The Balaban J connectivity index is 2.28. The summed E-state index contributed by atoms with van der Waals surface area (Å²) in [4.78, 5) is 22.4. The van der Waals surface area contributed by atoms with Crippen molar-refractivity contribution in [2.45, 2.75) is 0 Å². The normalized spacial score (nSPS) is 10.2. The highest BCUT2D eigenvalue weighted by Gasteiger charge is 2.18. The lowest BCUT2D eigenvalue weighted by Gasteiger charge is -2.09. The van der Waals surface area contributed by atoms with Crippen LogP contribution in [0.3, 0.4) is 0 Å². The molecule has 0 atom stereocenters. The van der Waals surface area contributed by atoms with Crippen LogP contribution in [-0.2, 0) is 7.05 Å². The summed E-state index contributed by atoms with van der Waals surface area (Å²) < 4.78 is 7.17. The number of aromatic nitrogens is 1. The van der Waals surface area contributed by atoms with Gasteiger partial charge in [0.2, 0.25) is 0 Å². The van der Waals surface area contributed by atoms with Gasteiger partial charge in [-0.2, -0.15) is 0 Å². The van der Waals surface area contributed by atoms with E-state index in [2.05, 4.69) is 21.2 Å². The van der Waals surface area contributed by atoms with E-state index in [1.165, 1.54) is 23.9 Å². The monoisotopic (exact) mass is 353 g/mol. The lowest BCUT2D eigenvalue weighted by molar-refractivity contribution is -0.384. The van der Waals surface area contributed by atoms with Crippen molar-refractivity contribution in [3.8, 4) is 5.75 Å². The molecule has 1 aromatic heterocycles. The number of amides is 1. The Labute approximate surface area is 128 Å². The minimum atomic E-state index is -0.543. The highest BCUT2D eigenvalue weighted by Crippen LogP contribution is 2.28. The zero-order valence-electron chi connectivity index (χ0n) is 11.3. The van der Waals surface area contributed by atoms with Gasteiger partial charge in [-0.15, -0.1) is 0 Å². The van der Waals surface area contributed by atoms with E-state index in [-0.39, 0.29) is 11.4 Å². The van der Waals surface area contributed by atoms with Crippen LogP contribution in [0.2, 0.25) is 0 Å². The van der Waals surface area contributed by atoms with Crippen LogP contribution in [-0.4, -0.2) is 22.5 Å². The fraction of sp³-hybridized carbons (Fsp3) is 0.154. The maximum absolute atomic E-state index is 12.2. The van der Waals surface area contributed by atoms with E-state index in [1.807, 2.05) is 0 Å². The summed E-state index contributed by atoms with van der Waals surface area (Å²) in [5, 5.41) is 13.4. The van der Waals surface area contributed by atoms with Crippen LogP contribution in [0.4, 0.5) is 11.4 Å². The molecule has 0 spiro atoms. The Morgan fingerprint density at radius 2 is 2.14 bits per heavy atom. The van der Waals surface area contributed by atoms with Crippen molar-refractivity contribution < 1.29 is 14.5 Å². The van der Waals surface area contributed by atoms with Crippen LogP contribution >= 0.6 is 15.9 Å². The number of aryl methyl sites for hydroxylation is 1. The molecule has 0 radical (unpaired) electrons. The van der Waals surface area contributed by atoms with Gasteiger partial charge in [0.15, 0.2) is 0 Å². The van der Waals surface area contributed by atoms with Gasteiger partial charge in [-0.05, 0) is 28.1 Å². The molecule has 0 aliphatic rings. The van der Waals surface area contributed by atoms with Crippen molar-refractivity contribution in [2.75, 3.05) is 12.4 Å². The quantitative estimate of drug-likeness (QED) is 0.676. The Morgan fingerprint density at radius 3 is 2.71 bits per heavy atom. The van der Waals surface area contributed by atoms with Gasteiger partial charge in [0.25, 0.3) is 11.6 Å². The van der Waals surface area contributed by atoms with Crippen LogP contribution < -0.4 is 10.1 Å². The van der Waals surface area contributed by atoms with Crippen LogP contribution in [0.25, 0.3) is 0 Å². The Morgan fingerprint density at radius 1 is 1.43 bits per heavy atom. The number of anilines is 1.